The summed E-state index contributed by atoms with van der Waals surface area (Å²) < 4.78 is 0. The van der Waals surface area contributed by atoms with Gasteiger partial charge < -0.3 is 10.2 Å². The van der Waals surface area contributed by atoms with Crippen LogP contribution in [0.4, 0.5) is 5.69 Å². The van der Waals surface area contributed by atoms with Crippen LogP contribution in [0.15, 0.2) is 18.2 Å². The maximum Gasteiger partial charge on any atom is 0.269 e. The van der Waals surface area contributed by atoms with Gasteiger partial charge in [-0.3, -0.25) is 14.9 Å². The minimum absolute atomic E-state index is 0.0112. The van der Waals surface area contributed by atoms with Gasteiger partial charge in [0.1, 0.15) is 0 Å². The Labute approximate surface area is 122 Å². The zero-order chi connectivity index (χ0) is 15.3. The van der Waals surface area contributed by atoms with Gasteiger partial charge in [-0.1, -0.05) is 18.5 Å². The van der Waals surface area contributed by atoms with Gasteiger partial charge in [-0.05, 0) is 18.7 Å². The van der Waals surface area contributed by atoms with Crippen molar-refractivity contribution in [1.82, 2.24) is 10.2 Å². The lowest BCUT2D eigenvalue weighted by Gasteiger charge is -2.20. The van der Waals surface area contributed by atoms with Crippen LogP contribution in [-0.4, -0.2) is 36.4 Å². The molecule has 0 aliphatic rings. The fourth-order valence-electron chi connectivity index (χ4n) is 1.95. The van der Waals surface area contributed by atoms with E-state index >= 15 is 0 Å². The molecule has 0 spiro atoms. The van der Waals surface area contributed by atoms with Gasteiger partial charge in [-0.15, -0.1) is 0 Å². The van der Waals surface area contributed by atoms with E-state index in [1.165, 1.54) is 18.2 Å². The molecular weight excluding hydrogens is 282 g/mol. The van der Waals surface area contributed by atoms with Crippen LogP contribution in [0.5, 0.6) is 0 Å². The van der Waals surface area contributed by atoms with Crippen LogP contribution >= 0.6 is 11.6 Å². The van der Waals surface area contributed by atoms with Gasteiger partial charge >= 0.3 is 0 Å². The number of hydrogen-bond donors (Lipinski definition) is 1. The van der Waals surface area contributed by atoms with Crippen LogP contribution in [-0.2, 0) is 11.3 Å². The summed E-state index contributed by atoms with van der Waals surface area (Å²) in [6.07, 6.45) is 0. The van der Waals surface area contributed by atoms with Crippen molar-refractivity contribution in [3.8, 4) is 0 Å². The summed E-state index contributed by atoms with van der Waals surface area (Å²) in [5, 5.41) is 13.8. The van der Waals surface area contributed by atoms with E-state index in [0.717, 1.165) is 0 Å². The number of benzene rings is 1. The molecule has 1 aromatic rings. The fraction of sp³-hybridized carbons (Fsp3) is 0.462. The molecule has 1 N–H and O–H groups in total. The lowest BCUT2D eigenvalue weighted by Crippen LogP contribution is -2.34. The Morgan fingerprint density at radius 2 is 2.20 bits per heavy atom. The molecule has 1 aromatic carbocycles. The van der Waals surface area contributed by atoms with Crippen LogP contribution in [0.3, 0.4) is 0 Å². The quantitative estimate of drug-likeness (QED) is 0.644. The van der Waals surface area contributed by atoms with E-state index in [1.807, 2.05) is 18.9 Å². The van der Waals surface area contributed by atoms with E-state index in [9.17, 15) is 14.9 Å². The molecule has 0 aliphatic heterocycles. The van der Waals surface area contributed by atoms with Gasteiger partial charge in [0.15, 0.2) is 0 Å². The molecule has 1 unspecified atom stereocenters. The number of nitro benzene ring substituents is 1. The Balaban J connectivity index is 2.75. The number of amides is 1. The molecule has 0 bridgehead atoms. The van der Waals surface area contributed by atoms with Gasteiger partial charge in [0, 0.05) is 43.2 Å². The molecule has 0 heterocycles. The predicted molar refractivity (Wildman–Crippen MR) is 77.7 cm³/mol. The minimum atomic E-state index is -0.451. The van der Waals surface area contributed by atoms with Crippen molar-refractivity contribution in [3.05, 3.63) is 38.9 Å². The van der Waals surface area contributed by atoms with Crippen molar-refractivity contribution < 1.29 is 9.72 Å². The Bertz CT molecular complexity index is 508. The number of carbonyl (C=O) groups is 1. The third-order valence-corrected chi connectivity index (χ3v) is 3.33. The Kier molecular flexibility index (Phi) is 5.91. The van der Waals surface area contributed by atoms with Crippen molar-refractivity contribution in [3.63, 3.8) is 0 Å². The average Bonchev–Trinajstić information content (AvgIpc) is 2.39. The molecule has 7 heteroatoms. The molecule has 6 nitrogen and oxygen atoms in total. The van der Waals surface area contributed by atoms with Crippen molar-refractivity contribution >= 4 is 23.2 Å². The highest BCUT2D eigenvalue weighted by Crippen LogP contribution is 2.23. The number of halogens is 1. The molecule has 1 amide bonds. The molecule has 0 fully saturated rings. The number of hydrogen-bond acceptors (Lipinski definition) is 4. The second-order valence-corrected chi connectivity index (χ2v) is 5.15. The maximum absolute atomic E-state index is 11.5. The van der Waals surface area contributed by atoms with Crippen molar-refractivity contribution in [2.24, 2.45) is 5.92 Å². The summed E-state index contributed by atoms with van der Waals surface area (Å²) in [4.78, 5) is 23.7. The first-order valence-electron chi connectivity index (χ1n) is 6.18. The molecule has 20 heavy (non-hydrogen) atoms. The molecule has 1 atom stereocenters. The SMILES string of the molecule is CNC(=O)C(C)CN(C)Cc1cc([N+](=O)[O-])ccc1Cl. The maximum atomic E-state index is 11.5. The van der Waals surface area contributed by atoms with E-state index in [0.29, 0.717) is 23.7 Å². The summed E-state index contributed by atoms with van der Waals surface area (Å²) in [5.41, 5.74) is 0.685. The average molecular weight is 300 g/mol. The zero-order valence-electron chi connectivity index (χ0n) is 11.7. The van der Waals surface area contributed by atoms with Crippen molar-refractivity contribution in [2.75, 3.05) is 20.6 Å². The largest absolute Gasteiger partial charge is 0.359 e. The summed E-state index contributed by atoms with van der Waals surface area (Å²) in [6.45, 7) is 2.81. The normalized spacial score (nSPS) is 12.2. The smallest absolute Gasteiger partial charge is 0.269 e. The number of nitro groups is 1. The van der Waals surface area contributed by atoms with Gasteiger partial charge in [0.2, 0.25) is 5.91 Å². The first-order chi connectivity index (χ1) is 9.35. The molecule has 0 saturated carbocycles. The van der Waals surface area contributed by atoms with Gasteiger partial charge in [-0.2, -0.15) is 0 Å². The third-order valence-electron chi connectivity index (χ3n) is 2.96. The minimum Gasteiger partial charge on any atom is -0.359 e. The third kappa shape index (κ3) is 4.47. The highest BCUT2D eigenvalue weighted by Gasteiger charge is 2.16. The first kappa shape index (κ1) is 16.4. The molecule has 1 rings (SSSR count). The van der Waals surface area contributed by atoms with Crippen LogP contribution in [0.2, 0.25) is 5.02 Å². The summed E-state index contributed by atoms with van der Waals surface area (Å²) in [6, 6.07) is 4.35. The monoisotopic (exact) mass is 299 g/mol. The second-order valence-electron chi connectivity index (χ2n) is 4.74. The van der Waals surface area contributed by atoms with Crippen LogP contribution < -0.4 is 5.32 Å². The fourth-order valence-corrected chi connectivity index (χ4v) is 2.13. The number of rotatable bonds is 6. The van der Waals surface area contributed by atoms with Crippen LogP contribution in [0, 0.1) is 16.0 Å². The highest BCUT2D eigenvalue weighted by atomic mass is 35.5. The van der Waals surface area contributed by atoms with E-state index in [-0.39, 0.29) is 17.5 Å². The summed E-state index contributed by atoms with van der Waals surface area (Å²) >= 11 is 6.04. The molecule has 0 saturated heterocycles. The Hall–Kier alpha value is -1.66. The van der Waals surface area contributed by atoms with E-state index < -0.39 is 4.92 Å². The number of nitrogens with zero attached hydrogens (tertiary/aromatic N) is 2. The molecule has 0 radical (unpaired) electrons. The van der Waals surface area contributed by atoms with E-state index in [2.05, 4.69) is 5.32 Å². The summed E-state index contributed by atoms with van der Waals surface area (Å²) in [7, 11) is 3.44. The van der Waals surface area contributed by atoms with Crippen LogP contribution in [0.25, 0.3) is 0 Å². The van der Waals surface area contributed by atoms with E-state index in [4.69, 9.17) is 11.6 Å². The molecular formula is C13H18ClN3O3. The first-order valence-corrected chi connectivity index (χ1v) is 6.56. The van der Waals surface area contributed by atoms with E-state index in [1.54, 1.807) is 7.05 Å². The topological polar surface area (TPSA) is 75.5 Å². The standard InChI is InChI=1S/C13H18ClN3O3/c1-9(13(18)15-2)7-16(3)8-10-6-11(17(19)20)4-5-12(10)14/h4-6,9H,7-8H2,1-3H3,(H,15,18). The zero-order valence-corrected chi connectivity index (χ0v) is 12.5. The Morgan fingerprint density at radius 1 is 1.55 bits per heavy atom. The highest BCUT2D eigenvalue weighted by molar-refractivity contribution is 6.31. The second kappa shape index (κ2) is 7.21. The lowest BCUT2D eigenvalue weighted by molar-refractivity contribution is -0.384. The summed E-state index contributed by atoms with van der Waals surface area (Å²) in [5.74, 6) is -0.204. The molecule has 0 aromatic heterocycles. The van der Waals surface area contributed by atoms with Gasteiger partial charge in [0.05, 0.1) is 4.92 Å². The Morgan fingerprint density at radius 3 is 2.75 bits per heavy atom. The number of nitrogens with one attached hydrogen (secondary N) is 1. The van der Waals surface area contributed by atoms with Crippen molar-refractivity contribution in [2.45, 2.75) is 13.5 Å². The molecule has 0 aliphatic carbocycles. The lowest BCUT2D eigenvalue weighted by atomic mass is 10.1. The van der Waals surface area contributed by atoms with Crippen LogP contribution in [0.1, 0.15) is 12.5 Å². The van der Waals surface area contributed by atoms with Crippen molar-refractivity contribution in [1.29, 1.82) is 0 Å². The van der Waals surface area contributed by atoms with Gasteiger partial charge in [-0.25, -0.2) is 0 Å². The number of carbonyl (C=O) groups excluding carboxylic acids is 1. The number of non-ortho nitro benzene ring substituents is 1. The molecule has 110 valence electrons. The van der Waals surface area contributed by atoms with Gasteiger partial charge in [0.25, 0.3) is 5.69 Å². The predicted octanol–water partition coefficient (Wildman–Crippen LogP) is 2.06.